The number of aliphatic imine (C=N–C) groups is 1. The molecule has 0 atom stereocenters. The highest BCUT2D eigenvalue weighted by Gasteiger charge is 2.40. The molecule has 5 heterocycles. The lowest BCUT2D eigenvalue weighted by molar-refractivity contribution is 0.100. The van der Waals surface area contributed by atoms with Gasteiger partial charge < -0.3 is 15.1 Å². The van der Waals surface area contributed by atoms with Crippen LogP contribution in [0.15, 0.2) is 53.0 Å². The minimum absolute atomic E-state index is 0.146. The lowest BCUT2D eigenvalue weighted by Crippen LogP contribution is -2.50. The molecule has 0 radical (unpaired) electrons. The molecule has 0 saturated carbocycles. The third kappa shape index (κ3) is 3.61. The first-order valence-electron chi connectivity index (χ1n) is 11.0. The Labute approximate surface area is 196 Å². The van der Waals surface area contributed by atoms with Gasteiger partial charge in [-0.1, -0.05) is 0 Å². The number of piperazine rings is 1. The zero-order valence-corrected chi connectivity index (χ0v) is 19.1. The smallest absolute Gasteiger partial charge is 0.271 e. The van der Waals surface area contributed by atoms with E-state index in [4.69, 9.17) is 4.98 Å². The molecule has 3 aliphatic rings. The van der Waals surface area contributed by atoms with E-state index in [0.29, 0.717) is 36.4 Å². The lowest BCUT2D eigenvalue weighted by Gasteiger charge is -2.34. The van der Waals surface area contributed by atoms with Gasteiger partial charge in [0.05, 0.1) is 6.54 Å². The third-order valence-corrected chi connectivity index (χ3v) is 7.05. The Morgan fingerprint density at radius 3 is 2.61 bits per heavy atom. The molecule has 9 nitrogen and oxygen atoms in total. The summed E-state index contributed by atoms with van der Waals surface area (Å²) in [5, 5.41) is 6.09. The molecule has 33 heavy (non-hydrogen) atoms. The minimum atomic E-state index is -0.146. The number of hydrogen-bond acceptors (Lipinski definition) is 9. The first kappa shape index (κ1) is 20.1. The number of guanidine groups is 1. The van der Waals surface area contributed by atoms with E-state index in [-0.39, 0.29) is 5.91 Å². The van der Waals surface area contributed by atoms with E-state index in [1.165, 1.54) is 17.0 Å². The number of carbonyl (C=O) groups is 1. The van der Waals surface area contributed by atoms with E-state index in [2.05, 4.69) is 44.3 Å². The van der Waals surface area contributed by atoms with Gasteiger partial charge in [0, 0.05) is 50.3 Å². The number of nitrogens with zero attached hydrogens (tertiary/aromatic N) is 7. The molecule has 2 aromatic heterocycles. The summed E-state index contributed by atoms with van der Waals surface area (Å²) in [7, 11) is 2.16. The standard InChI is InChI=1S/C23H24N8OS/c1-28-10-12-29(13-11-28)17-6-4-16(5-7-17)26-22-25-15-18-20(27-22)30-9-8-24-23(30)31(21(18)32)19-3-2-14-33-19/h2-7,14-15H,8-13H2,1H3,(H,25,26,27). The van der Waals surface area contributed by atoms with Gasteiger partial charge in [-0.15, -0.1) is 11.3 Å². The average Bonchev–Trinajstić information content (AvgIpc) is 3.53. The van der Waals surface area contributed by atoms with Crippen molar-refractivity contribution in [1.82, 2.24) is 14.9 Å². The zero-order chi connectivity index (χ0) is 22.4. The monoisotopic (exact) mass is 460 g/mol. The number of rotatable bonds is 4. The molecule has 3 aromatic rings. The van der Waals surface area contributed by atoms with Gasteiger partial charge in [-0.05, 0) is 48.8 Å². The summed E-state index contributed by atoms with van der Waals surface area (Å²) in [4.78, 5) is 35.4. The largest absolute Gasteiger partial charge is 0.369 e. The molecule has 1 amide bonds. The van der Waals surface area contributed by atoms with E-state index < -0.39 is 0 Å². The Balaban J connectivity index is 1.24. The highest BCUT2D eigenvalue weighted by molar-refractivity contribution is 7.14. The maximum atomic E-state index is 13.3. The first-order chi connectivity index (χ1) is 16.2. The van der Waals surface area contributed by atoms with E-state index >= 15 is 0 Å². The van der Waals surface area contributed by atoms with Gasteiger partial charge >= 0.3 is 0 Å². The molecule has 168 valence electrons. The molecule has 0 spiro atoms. The topological polar surface area (TPSA) is 80.2 Å². The van der Waals surface area contributed by atoms with Gasteiger partial charge in [-0.2, -0.15) is 4.98 Å². The first-order valence-corrected chi connectivity index (χ1v) is 11.9. The second-order valence-electron chi connectivity index (χ2n) is 8.32. The summed E-state index contributed by atoms with van der Waals surface area (Å²) in [5.74, 6) is 1.56. The minimum Gasteiger partial charge on any atom is -0.369 e. The fraction of sp³-hybridized carbons (Fsp3) is 0.304. The van der Waals surface area contributed by atoms with E-state index in [1.54, 1.807) is 11.1 Å². The number of carbonyl (C=O) groups excluding carboxylic acids is 1. The van der Waals surface area contributed by atoms with Crippen LogP contribution in [0.5, 0.6) is 0 Å². The second kappa shape index (κ2) is 8.13. The van der Waals surface area contributed by atoms with Crippen molar-refractivity contribution in [3.05, 3.63) is 53.5 Å². The summed E-state index contributed by atoms with van der Waals surface area (Å²) in [6.07, 6.45) is 1.61. The van der Waals surface area contributed by atoms with Crippen molar-refractivity contribution in [3.63, 3.8) is 0 Å². The number of anilines is 5. The molecule has 1 N–H and O–H groups in total. The molecule has 0 bridgehead atoms. The molecule has 0 unspecified atom stereocenters. The van der Waals surface area contributed by atoms with Crippen molar-refractivity contribution in [1.29, 1.82) is 0 Å². The van der Waals surface area contributed by atoms with Crippen molar-refractivity contribution in [3.8, 4) is 0 Å². The number of likely N-dealkylation sites (N-methyl/N-ethyl adjacent to an activating group) is 1. The van der Waals surface area contributed by atoms with Crippen molar-refractivity contribution in [2.24, 2.45) is 4.99 Å². The Morgan fingerprint density at radius 2 is 1.85 bits per heavy atom. The number of hydrogen-bond donors (Lipinski definition) is 1. The number of fused-ring (bicyclic) bond motifs is 3. The SMILES string of the molecule is CN1CCN(c2ccc(Nc3ncc4c(n3)N3CCN=C3N(c3cccs3)C4=O)cc2)CC1. The maximum Gasteiger partial charge on any atom is 0.271 e. The molecule has 3 aliphatic heterocycles. The van der Waals surface area contributed by atoms with Crippen LogP contribution in [0.1, 0.15) is 10.4 Å². The summed E-state index contributed by atoms with van der Waals surface area (Å²) >= 11 is 1.51. The number of aromatic nitrogens is 2. The molecule has 1 saturated heterocycles. The van der Waals surface area contributed by atoms with E-state index in [9.17, 15) is 4.79 Å². The van der Waals surface area contributed by atoms with Crippen LogP contribution in [-0.4, -0.2) is 73.1 Å². The fourth-order valence-corrected chi connectivity index (χ4v) is 5.10. The van der Waals surface area contributed by atoms with Crippen molar-refractivity contribution < 1.29 is 4.79 Å². The van der Waals surface area contributed by atoms with Crippen LogP contribution in [0.3, 0.4) is 0 Å². The van der Waals surface area contributed by atoms with Crippen molar-refractivity contribution in [2.45, 2.75) is 0 Å². The van der Waals surface area contributed by atoms with Gasteiger partial charge in [-0.3, -0.25) is 14.7 Å². The lowest BCUT2D eigenvalue weighted by atomic mass is 10.2. The molecule has 1 fully saturated rings. The Kier molecular flexibility index (Phi) is 4.96. The molecule has 1 aromatic carbocycles. The third-order valence-electron chi connectivity index (χ3n) is 6.19. The summed E-state index contributed by atoms with van der Waals surface area (Å²) < 4.78 is 0. The van der Waals surface area contributed by atoms with Gasteiger partial charge in [0.2, 0.25) is 11.9 Å². The Bertz CT molecular complexity index is 1200. The van der Waals surface area contributed by atoms with Crippen LogP contribution < -0.4 is 20.0 Å². The normalized spacial score (nSPS) is 18.3. The number of nitrogens with one attached hydrogen (secondary N) is 1. The van der Waals surface area contributed by atoms with Gasteiger partial charge in [-0.25, -0.2) is 9.88 Å². The predicted molar refractivity (Wildman–Crippen MR) is 132 cm³/mol. The molecule has 10 heteroatoms. The van der Waals surface area contributed by atoms with E-state index in [0.717, 1.165) is 36.9 Å². The highest BCUT2D eigenvalue weighted by atomic mass is 32.1. The van der Waals surface area contributed by atoms with Crippen LogP contribution >= 0.6 is 11.3 Å². The number of amides is 1. The van der Waals surface area contributed by atoms with Gasteiger partial charge in [0.1, 0.15) is 10.6 Å². The summed E-state index contributed by atoms with van der Waals surface area (Å²) in [6.45, 7) is 5.54. The van der Waals surface area contributed by atoms with Crippen molar-refractivity contribution >= 4 is 51.3 Å². The molecular weight excluding hydrogens is 436 g/mol. The van der Waals surface area contributed by atoms with Crippen LogP contribution in [0.2, 0.25) is 0 Å². The van der Waals surface area contributed by atoms with E-state index in [1.807, 2.05) is 34.5 Å². The van der Waals surface area contributed by atoms with Gasteiger partial charge in [0.15, 0.2) is 5.82 Å². The highest BCUT2D eigenvalue weighted by Crippen LogP contribution is 2.34. The number of thiophene rings is 1. The van der Waals surface area contributed by atoms with Crippen LogP contribution in [0.4, 0.5) is 28.1 Å². The van der Waals surface area contributed by atoms with Crippen LogP contribution in [0.25, 0.3) is 0 Å². The molecular formula is C23H24N8OS. The summed E-state index contributed by atoms with van der Waals surface area (Å²) in [5.41, 5.74) is 2.61. The molecule has 0 aliphatic carbocycles. The van der Waals surface area contributed by atoms with Crippen molar-refractivity contribution in [2.75, 3.05) is 66.3 Å². The second-order valence-corrected chi connectivity index (χ2v) is 9.24. The van der Waals surface area contributed by atoms with Crippen LogP contribution in [0, 0.1) is 0 Å². The quantitative estimate of drug-likeness (QED) is 0.641. The maximum absolute atomic E-state index is 13.3. The Hall–Kier alpha value is -3.50. The number of benzene rings is 1. The fourth-order valence-electron chi connectivity index (χ4n) is 4.37. The Morgan fingerprint density at radius 1 is 1.03 bits per heavy atom. The zero-order valence-electron chi connectivity index (χ0n) is 18.3. The molecule has 6 rings (SSSR count). The average molecular weight is 461 g/mol. The van der Waals surface area contributed by atoms with Crippen LogP contribution in [-0.2, 0) is 0 Å². The predicted octanol–water partition coefficient (Wildman–Crippen LogP) is 2.87. The summed E-state index contributed by atoms with van der Waals surface area (Å²) in [6, 6.07) is 12.2. The van der Waals surface area contributed by atoms with Gasteiger partial charge in [0.25, 0.3) is 5.91 Å².